The third-order valence-electron chi connectivity index (χ3n) is 1.88. The molecule has 0 aliphatic rings. The van der Waals surface area contributed by atoms with Gasteiger partial charge >= 0.3 is 0 Å². The average Bonchev–Trinajstić information content (AvgIpc) is 2.16. The molecule has 1 rings (SSSR count). The van der Waals surface area contributed by atoms with Crippen molar-refractivity contribution in [2.24, 2.45) is 0 Å². The number of rotatable bonds is 3. The van der Waals surface area contributed by atoms with Crippen molar-refractivity contribution in [1.29, 1.82) is 0 Å². The molecule has 0 aromatic heterocycles. The molecule has 16 heavy (non-hydrogen) atoms. The SMILES string of the molecule is CCNC(=O)c1ccc(SC(C)(C)C)cc1. The van der Waals surface area contributed by atoms with Crippen molar-refractivity contribution in [3.05, 3.63) is 29.8 Å². The van der Waals surface area contributed by atoms with Gasteiger partial charge in [0.1, 0.15) is 0 Å². The Kier molecular flexibility index (Phi) is 4.42. The maximum absolute atomic E-state index is 11.5. The van der Waals surface area contributed by atoms with Crippen LogP contribution in [0.4, 0.5) is 0 Å². The summed E-state index contributed by atoms with van der Waals surface area (Å²) in [5.41, 5.74) is 0.722. The summed E-state index contributed by atoms with van der Waals surface area (Å²) < 4.78 is 0.202. The Morgan fingerprint density at radius 2 is 1.81 bits per heavy atom. The lowest BCUT2D eigenvalue weighted by Gasteiger charge is -2.17. The Bertz CT molecular complexity index is 351. The summed E-state index contributed by atoms with van der Waals surface area (Å²) in [5.74, 6) is -0.00481. The van der Waals surface area contributed by atoms with Gasteiger partial charge < -0.3 is 5.32 Å². The Labute approximate surface area is 102 Å². The molecular formula is C13H19NOS. The number of benzene rings is 1. The summed E-state index contributed by atoms with van der Waals surface area (Å²) in [6, 6.07) is 7.75. The topological polar surface area (TPSA) is 29.1 Å². The number of amides is 1. The predicted octanol–water partition coefficient (Wildman–Crippen LogP) is 3.33. The van der Waals surface area contributed by atoms with E-state index in [1.807, 2.05) is 31.2 Å². The van der Waals surface area contributed by atoms with Crippen molar-refractivity contribution >= 4 is 17.7 Å². The second-order valence-electron chi connectivity index (χ2n) is 4.60. The van der Waals surface area contributed by atoms with E-state index >= 15 is 0 Å². The highest BCUT2D eigenvalue weighted by atomic mass is 32.2. The molecule has 0 saturated carbocycles. The fourth-order valence-corrected chi connectivity index (χ4v) is 2.27. The van der Waals surface area contributed by atoms with Crippen LogP contribution in [0.1, 0.15) is 38.1 Å². The first kappa shape index (κ1) is 13.1. The van der Waals surface area contributed by atoms with Crippen LogP contribution in [0.5, 0.6) is 0 Å². The van der Waals surface area contributed by atoms with Gasteiger partial charge in [0, 0.05) is 21.8 Å². The van der Waals surface area contributed by atoms with Crippen molar-refractivity contribution in [3.8, 4) is 0 Å². The average molecular weight is 237 g/mol. The van der Waals surface area contributed by atoms with Gasteiger partial charge in [-0.25, -0.2) is 0 Å². The minimum Gasteiger partial charge on any atom is -0.352 e. The minimum atomic E-state index is -0.00481. The van der Waals surface area contributed by atoms with Gasteiger partial charge in [0.25, 0.3) is 5.91 Å². The zero-order valence-corrected chi connectivity index (χ0v) is 11.1. The zero-order valence-electron chi connectivity index (χ0n) is 10.3. The molecular weight excluding hydrogens is 218 g/mol. The minimum absolute atomic E-state index is 0.00481. The first-order chi connectivity index (χ1) is 7.42. The van der Waals surface area contributed by atoms with Gasteiger partial charge in [0.05, 0.1) is 0 Å². The van der Waals surface area contributed by atoms with Gasteiger partial charge in [-0.3, -0.25) is 4.79 Å². The number of nitrogens with one attached hydrogen (secondary N) is 1. The van der Waals surface area contributed by atoms with E-state index in [0.29, 0.717) is 6.54 Å². The van der Waals surface area contributed by atoms with E-state index in [-0.39, 0.29) is 10.7 Å². The molecule has 0 aliphatic carbocycles. The quantitative estimate of drug-likeness (QED) is 0.817. The highest BCUT2D eigenvalue weighted by Crippen LogP contribution is 2.31. The zero-order chi connectivity index (χ0) is 12.2. The van der Waals surface area contributed by atoms with Crippen LogP contribution in [0.25, 0.3) is 0 Å². The Hall–Kier alpha value is -0.960. The molecule has 88 valence electrons. The molecule has 0 saturated heterocycles. The molecule has 1 aromatic rings. The summed E-state index contributed by atoms with van der Waals surface area (Å²) in [7, 11) is 0. The summed E-state index contributed by atoms with van der Waals surface area (Å²) in [6.07, 6.45) is 0. The molecule has 3 heteroatoms. The van der Waals surface area contributed by atoms with Gasteiger partial charge in [-0.15, -0.1) is 11.8 Å². The van der Waals surface area contributed by atoms with E-state index in [0.717, 1.165) is 5.56 Å². The van der Waals surface area contributed by atoms with Crippen LogP contribution in [0, 0.1) is 0 Å². The van der Waals surface area contributed by atoms with E-state index in [9.17, 15) is 4.79 Å². The first-order valence-corrected chi connectivity index (χ1v) is 6.31. The lowest BCUT2D eigenvalue weighted by molar-refractivity contribution is 0.0956. The van der Waals surface area contributed by atoms with Crippen LogP contribution in [-0.2, 0) is 0 Å². The van der Waals surface area contributed by atoms with Gasteiger partial charge in [-0.2, -0.15) is 0 Å². The van der Waals surface area contributed by atoms with Crippen molar-refractivity contribution in [3.63, 3.8) is 0 Å². The summed E-state index contributed by atoms with van der Waals surface area (Å²) in [5, 5.41) is 2.78. The molecule has 0 fully saturated rings. The van der Waals surface area contributed by atoms with Gasteiger partial charge in [-0.05, 0) is 31.2 Å². The van der Waals surface area contributed by atoms with E-state index < -0.39 is 0 Å². The number of carbonyl (C=O) groups is 1. The van der Waals surface area contributed by atoms with E-state index in [2.05, 4.69) is 26.1 Å². The molecule has 0 atom stereocenters. The summed E-state index contributed by atoms with van der Waals surface area (Å²) in [4.78, 5) is 12.7. The molecule has 0 spiro atoms. The third kappa shape index (κ3) is 4.27. The fourth-order valence-electron chi connectivity index (χ4n) is 1.29. The highest BCUT2D eigenvalue weighted by Gasteiger charge is 2.12. The van der Waals surface area contributed by atoms with Crippen LogP contribution >= 0.6 is 11.8 Å². The Morgan fingerprint density at radius 3 is 2.25 bits per heavy atom. The van der Waals surface area contributed by atoms with E-state index in [4.69, 9.17) is 0 Å². The van der Waals surface area contributed by atoms with Crippen molar-refractivity contribution in [1.82, 2.24) is 5.32 Å². The number of hydrogen-bond acceptors (Lipinski definition) is 2. The second kappa shape index (κ2) is 5.39. The number of hydrogen-bond donors (Lipinski definition) is 1. The lowest BCUT2D eigenvalue weighted by atomic mass is 10.2. The molecule has 0 bridgehead atoms. The van der Waals surface area contributed by atoms with Crippen LogP contribution in [0.3, 0.4) is 0 Å². The molecule has 0 aliphatic heterocycles. The largest absolute Gasteiger partial charge is 0.352 e. The second-order valence-corrected chi connectivity index (χ2v) is 6.50. The fraction of sp³-hybridized carbons (Fsp3) is 0.462. The molecule has 0 radical (unpaired) electrons. The van der Waals surface area contributed by atoms with Crippen LogP contribution < -0.4 is 5.32 Å². The van der Waals surface area contributed by atoms with E-state index in [1.165, 1.54) is 4.90 Å². The number of carbonyl (C=O) groups excluding carboxylic acids is 1. The smallest absolute Gasteiger partial charge is 0.251 e. The highest BCUT2D eigenvalue weighted by molar-refractivity contribution is 8.00. The molecule has 1 aromatic carbocycles. The van der Waals surface area contributed by atoms with Gasteiger partial charge in [0.2, 0.25) is 0 Å². The van der Waals surface area contributed by atoms with Crippen molar-refractivity contribution < 1.29 is 4.79 Å². The third-order valence-corrected chi connectivity index (χ3v) is 3.00. The lowest BCUT2D eigenvalue weighted by Crippen LogP contribution is -2.22. The summed E-state index contributed by atoms with van der Waals surface area (Å²) in [6.45, 7) is 9.11. The maximum atomic E-state index is 11.5. The van der Waals surface area contributed by atoms with Crippen LogP contribution in [-0.4, -0.2) is 17.2 Å². The van der Waals surface area contributed by atoms with Crippen molar-refractivity contribution in [2.45, 2.75) is 37.3 Å². The normalized spacial score (nSPS) is 11.2. The monoisotopic (exact) mass is 237 g/mol. The summed E-state index contributed by atoms with van der Waals surface area (Å²) >= 11 is 1.80. The standard InChI is InChI=1S/C13H19NOS/c1-5-14-12(15)10-6-8-11(9-7-10)16-13(2,3)4/h6-9H,5H2,1-4H3,(H,14,15). The Balaban J connectivity index is 2.72. The van der Waals surface area contributed by atoms with Crippen molar-refractivity contribution in [2.75, 3.05) is 6.54 Å². The molecule has 1 N–H and O–H groups in total. The predicted molar refractivity (Wildman–Crippen MR) is 70.1 cm³/mol. The Morgan fingerprint density at radius 1 is 1.25 bits per heavy atom. The van der Waals surface area contributed by atoms with E-state index in [1.54, 1.807) is 11.8 Å². The molecule has 1 amide bonds. The van der Waals surface area contributed by atoms with Gasteiger partial charge in [-0.1, -0.05) is 20.8 Å². The molecule has 0 unspecified atom stereocenters. The number of thioether (sulfide) groups is 1. The van der Waals surface area contributed by atoms with Crippen LogP contribution in [0.2, 0.25) is 0 Å². The molecule has 2 nitrogen and oxygen atoms in total. The van der Waals surface area contributed by atoms with Gasteiger partial charge in [0.15, 0.2) is 0 Å². The first-order valence-electron chi connectivity index (χ1n) is 5.49. The van der Waals surface area contributed by atoms with Crippen LogP contribution in [0.15, 0.2) is 29.2 Å². The molecule has 0 heterocycles. The maximum Gasteiger partial charge on any atom is 0.251 e.